The Kier molecular flexibility index (Phi) is 4.17. The van der Waals surface area contributed by atoms with Crippen molar-refractivity contribution in [2.45, 2.75) is 13.3 Å². The lowest BCUT2D eigenvalue weighted by Gasteiger charge is -2.12. The molecule has 4 nitrogen and oxygen atoms in total. The molecule has 0 saturated heterocycles. The third-order valence-corrected chi connectivity index (χ3v) is 3.96. The van der Waals surface area contributed by atoms with Gasteiger partial charge >= 0.3 is 5.97 Å². The molecule has 2 N–H and O–H groups in total. The second-order valence-corrected chi connectivity index (χ2v) is 5.74. The Bertz CT molecular complexity index is 893. The van der Waals surface area contributed by atoms with Gasteiger partial charge in [0, 0.05) is 21.8 Å². The van der Waals surface area contributed by atoms with Crippen LogP contribution in [0.15, 0.2) is 48.5 Å². The van der Waals surface area contributed by atoms with Crippen molar-refractivity contribution in [2.75, 3.05) is 5.32 Å². The smallest absolute Gasteiger partial charge is 0.309 e. The molecule has 0 aliphatic heterocycles. The Labute approximate surface area is 138 Å². The molecule has 0 amide bonds. The van der Waals surface area contributed by atoms with Gasteiger partial charge in [0.1, 0.15) is 0 Å². The molecule has 3 rings (SSSR count). The highest BCUT2D eigenvalue weighted by atomic mass is 35.5. The van der Waals surface area contributed by atoms with Gasteiger partial charge in [-0.1, -0.05) is 35.9 Å². The van der Waals surface area contributed by atoms with E-state index in [0.29, 0.717) is 10.7 Å². The molecule has 0 aliphatic carbocycles. The molecule has 3 aromatic rings. The normalized spacial score (nSPS) is 10.7. The molecule has 116 valence electrons. The highest BCUT2D eigenvalue weighted by molar-refractivity contribution is 6.31. The molecule has 0 saturated carbocycles. The van der Waals surface area contributed by atoms with Gasteiger partial charge < -0.3 is 10.4 Å². The van der Waals surface area contributed by atoms with Gasteiger partial charge in [0.15, 0.2) is 0 Å². The van der Waals surface area contributed by atoms with Gasteiger partial charge in [0.25, 0.3) is 0 Å². The number of rotatable bonds is 4. The largest absolute Gasteiger partial charge is 0.481 e. The minimum Gasteiger partial charge on any atom is -0.481 e. The van der Waals surface area contributed by atoms with Crippen LogP contribution in [0.2, 0.25) is 5.02 Å². The average Bonchev–Trinajstić information content (AvgIpc) is 2.50. The fourth-order valence-corrected chi connectivity index (χ4v) is 2.59. The number of nitrogens with one attached hydrogen (secondary N) is 1. The zero-order chi connectivity index (χ0) is 16.4. The summed E-state index contributed by atoms with van der Waals surface area (Å²) in [6.45, 7) is 1.94. The zero-order valence-electron chi connectivity index (χ0n) is 12.5. The number of aromatic nitrogens is 1. The van der Waals surface area contributed by atoms with Gasteiger partial charge in [0.2, 0.25) is 0 Å². The van der Waals surface area contributed by atoms with Crippen molar-refractivity contribution >= 4 is 39.8 Å². The molecule has 0 aliphatic rings. The molecule has 0 bridgehead atoms. The van der Waals surface area contributed by atoms with E-state index in [4.69, 9.17) is 16.7 Å². The minimum absolute atomic E-state index is 0.117. The van der Waals surface area contributed by atoms with E-state index in [2.05, 4.69) is 10.3 Å². The summed E-state index contributed by atoms with van der Waals surface area (Å²) in [5, 5.41) is 13.9. The lowest BCUT2D eigenvalue weighted by Crippen LogP contribution is -2.04. The number of carboxylic acids is 1. The molecule has 0 fully saturated rings. The van der Waals surface area contributed by atoms with Gasteiger partial charge in [-0.05, 0) is 36.8 Å². The van der Waals surface area contributed by atoms with Crippen LogP contribution < -0.4 is 5.32 Å². The van der Waals surface area contributed by atoms with E-state index in [1.54, 1.807) is 6.07 Å². The monoisotopic (exact) mass is 326 g/mol. The van der Waals surface area contributed by atoms with Crippen molar-refractivity contribution in [1.29, 1.82) is 0 Å². The summed E-state index contributed by atoms with van der Waals surface area (Å²) in [6, 6.07) is 15.1. The predicted molar refractivity (Wildman–Crippen MR) is 92.6 cm³/mol. The highest BCUT2D eigenvalue weighted by Crippen LogP contribution is 2.28. The number of pyridine rings is 1. The fourth-order valence-electron chi connectivity index (χ4n) is 2.41. The summed E-state index contributed by atoms with van der Waals surface area (Å²) in [6.07, 6.45) is -0.117. The lowest BCUT2D eigenvalue weighted by atomic mass is 10.1. The Morgan fingerprint density at radius 1 is 1.22 bits per heavy atom. The van der Waals surface area contributed by atoms with Crippen molar-refractivity contribution in [2.24, 2.45) is 0 Å². The van der Waals surface area contributed by atoms with Crippen LogP contribution in [0.3, 0.4) is 0 Å². The number of aryl methyl sites for hydroxylation is 1. The number of carboxylic acid groups (broad SMARTS) is 1. The zero-order valence-corrected chi connectivity index (χ0v) is 13.3. The molecule has 1 aromatic heterocycles. The molecule has 1 heterocycles. The molecular formula is C18H15ClN2O2. The van der Waals surface area contributed by atoms with Crippen molar-refractivity contribution in [3.8, 4) is 0 Å². The number of para-hydroxylation sites is 1. The summed E-state index contributed by atoms with van der Waals surface area (Å²) < 4.78 is 0. The van der Waals surface area contributed by atoms with Crippen LogP contribution >= 0.6 is 11.6 Å². The maximum absolute atomic E-state index is 11.0. The highest BCUT2D eigenvalue weighted by Gasteiger charge is 2.09. The second kappa shape index (κ2) is 6.26. The number of hydrogen-bond acceptors (Lipinski definition) is 3. The van der Waals surface area contributed by atoms with Crippen molar-refractivity contribution in [3.63, 3.8) is 0 Å². The van der Waals surface area contributed by atoms with E-state index >= 15 is 0 Å². The second-order valence-electron chi connectivity index (χ2n) is 5.34. The summed E-state index contributed by atoms with van der Waals surface area (Å²) in [5.41, 5.74) is 3.93. The van der Waals surface area contributed by atoms with E-state index in [1.807, 2.05) is 49.4 Å². The number of carbonyl (C=O) groups is 1. The van der Waals surface area contributed by atoms with Crippen LogP contribution in [-0.2, 0) is 11.2 Å². The molecule has 2 aromatic carbocycles. The van der Waals surface area contributed by atoms with Gasteiger partial charge in [-0.2, -0.15) is 0 Å². The van der Waals surface area contributed by atoms with Crippen molar-refractivity contribution in [1.82, 2.24) is 4.98 Å². The minimum atomic E-state index is -0.905. The fraction of sp³-hybridized carbons (Fsp3) is 0.111. The van der Waals surface area contributed by atoms with Crippen molar-refractivity contribution < 1.29 is 9.90 Å². The van der Waals surface area contributed by atoms with Crippen molar-refractivity contribution in [3.05, 3.63) is 64.8 Å². The summed E-state index contributed by atoms with van der Waals surface area (Å²) in [4.78, 5) is 15.4. The number of aliphatic carboxylic acids is 1. The van der Waals surface area contributed by atoms with Crippen LogP contribution in [0.5, 0.6) is 0 Å². The first-order valence-electron chi connectivity index (χ1n) is 7.16. The number of benzene rings is 2. The molecule has 0 atom stereocenters. The first-order chi connectivity index (χ1) is 11.0. The van der Waals surface area contributed by atoms with E-state index in [9.17, 15) is 4.79 Å². The van der Waals surface area contributed by atoms with Gasteiger partial charge in [-0.15, -0.1) is 0 Å². The van der Waals surface area contributed by atoms with Crippen LogP contribution in [0.25, 0.3) is 10.9 Å². The third kappa shape index (κ3) is 3.43. The predicted octanol–water partition coefficient (Wildman–Crippen LogP) is 4.57. The first-order valence-corrected chi connectivity index (χ1v) is 7.54. The number of halogens is 1. The Balaban J connectivity index is 2.06. The number of fused-ring (bicyclic) bond motifs is 1. The van der Waals surface area contributed by atoms with Gasteiger partial charge in [0.05, 0.1) is 17.6 Å². The number of nitrogens with zero attached hydrogens (tertiary/aromatic N) is 1. The lowest BCUT2D eigenvalue weighted by molar-refractivity contribution is -0.136. The first kappa shape index (κ1) is 15.3. The van der Waals surface area contributed by atoms with E-state index in [1.165, 1.54) is 0 Å². The molecule has 5 heteroatoms. The van der Waals surface area contributed by atoms with E-state index in [0.717, 1.165) is 27.8 Å². The molecular weight excluding hydrogens is 312 g/mol. The third-order valence-electron chi connectivity index (χ3n) is 3.55. The van der Waals surface area contributed by atoms with Crippen LogP contribution in [0.1, 0.15) is 11.3 Å². The van der Waals surface area contributed by atoms with E-state index in [-0.39, 0.29) is 6.42 Å². The van der Waals surface area contributed by atoms with Gasteiger partial charge in [-0.3, -0.25) is 9.78 Å². The Morgan fingerprint density at radius 3 is 2.74 bits per heavy atom. The summed E-state index contributed by atoms with van der Waals surface area (Å²) in [7, 11) is 0. The quantitative estimate of drug-likeness (QED) is 0.737. The SMILES string of the molecule is Cc1ccc(Nc2cc(CC(=O)O)nc3ccccc23)cc1Cl. The standard InChI is InChI=1S/C18H15ClN2O2/c1-11-6-7-12(8-15(11)19)20-17-9-13(10-18(22)23)21-16-5-3-2-4-14(16)17/h2-9H,10H2,1H3,(H,20,21)(H,22,23). The molecule has 23 heavy (non-hydrogen) atoms. The van der Waals surface area contributed by atoms with Crippen LogP contribution in [0, 0.1) is 6.92 Å². The van der Waals surface area contributed by atoms with Crippen LogP contribution in [0.4, 0.5) is 11.4 Å². The Morgan fingerprint density at radius 2 is 2.00 bits per heavy atom. The van der Waals surface area contributed by atoms with Crippen LogP contribution in [-0.4, -0.2) is 16.1 Å². The molecule has 0 radical (unpaired) electrons. The topological polar surface area (TPSA) is 62.2 Å². The van der Waals surface area contributed by atoms with E-state index < -0.39 is 5.97 Å². The Hall–Kier alpha value is -2.59. The van der Waals surface area contributed by atoms with Gasteiger partial charge in [-0.25, -0.2) is 0 Å². The molecule has 0 spiro atoms. The summed E-state index contributed by atoms with van der Waals surface area (Å²) in [5.74, 6) is -0.905. The molecule has 0 unspecified atom stereocenters. The maximum atomic E-state index is 11.0. The maximum Gasteiger partial charge on any atom is 0.309 e. The number of hydrogen-bond donors (Lipinski definition) is 2. The average molecular weight is 327 g/mol. The number of anilines is 2. The summed E-state index contributed by atoms with van der Waals surface area (Å²) >= 11 is 6.17.